The van der Waals surface area contributed by atoms with Crippen LogP contribution in [0.15, 0.2) is 54.7 Å². The van der Waals surface area contributed by atoms with E-state index < -0.39 is 0 Å². The van der Waals surface area contributed by atoms with Gasteiger partial charge in [0.1, 0.15) is 11.5 Å². The van der Waals surface area contributed by atoms with Crippen LogP contribution in [0, 0.1) is 0 Å². The maximum Gasteiger partial charge on any atom is 0.272 e. The Morgan fingerprint density at radius 2 is 1.85 bits per heavy atom. The minimum Gasteiger partial charge on any atom is -0.353 e. The number of anilines is 1. The normalized spacial score (nSPS) is 14.4. The first-order valence-corrected chi connectivity index (χ1v) is 9.34. The summed E-state index contributed by atoms with van der Waals surface area (Å²) in [5, 5.41) is 7.23. The molecule has 1 aliphatic rings. The molecule has 0 radical (unpaired) electrons. The lowest BCUT2D eigenvalue weighted by atomic mass is 10.1. The van der Waals surface area contributed by atoms with Gasteiger partial charge in [0.2, 0.25) is 0 Å². The van der Waals surface area contributed by atoms with Gasteiger partial charge in [0, 0.05) is 37.9 Å². The molecule has 138 valence electrons. The lowest BCUT2D eigenvalue weighted by molar-refractivity contribution is 0.0740. The van der Waals surface area contributed by atoms with Crippen molar-refractivity contribution < 1.29 is 4.79 Å². The minimum atomic E-state index is -0.000371. The Morgan fingerprint density at radius 1 is 1.07 bits per heavy atom. The first kappa shape index (κ1) is 17.3. The molecule has 0 unspecified atom stereocenters. The number of piperazine rings is 1. The summed E-state index contributed by atoms with van der Waals surface area (Å²) >= 11 is 0. The van der Waals surface area contributed by atoms with Crippen LogP contribution >= 0.6 is 0 Å². The van der Waals surface area contributed by atoms with E-state index in [1.807, 2.05) is 29.2 Å². The number of nitrogens with zero attached hydrogens (tertiary/aromatic N) is 4. The molecular formula is C21H23N5O. The second-order valence-corrected chi connectivity index (χ2v) is 6.68. The van der Waals surface area contributed by atoms with E-state index in [1.165, 1.54) is 5.56 Å². The molecule has 0 atom stereocenters. The molecular weight excluding hydrogens is 338 g/mol. The van der Waals surface area contributed by atoms with Gasteiger partial charge in [-0.3, -0.25) is 9.89 Å². The molecule has 1 aliphatic heterocycles. The van der Waals surface area contributed by atoms with Crippen molar-refractivity contribution in [2.45, 2.75) is 13.3 Å². The van der Waals surface area contributed by atoms with Gasteiger partial charge in [-0.2, -0.15) is 5.10 Å². The fourth-order valence-electron chi connectivity index (χ4n) is 3.34. The number of aromatic amines is 1. The highest BCUT2D eigenvalue weighted by Crippen LogP contribution is 2.20. The zero-order chi connectivity index (χ0) is 18.6. The standard InChI is InChI=1S/C21H23N5O/c1-2-16-6-8-17(9-7-16)18-15-19(24-23-18)21(27)26-13-11-25(12-14-26)20-5-3-4-10-22-20/h3-10,15H,2,11-14H2,1H3,(H,23,24). The molecule has 0 spiro atoms. The van der Waals surface area contributed by atoms with E-state index in [-0.39, 0.29) is 5.91 Å². The third kappa shape index (κ3) is 3.69. The van der Waals surface area contributed by atoms with Gasteiger partial charge >= 0.3 is 0 Å². The lowest BCUT2D eigenvalue weighted by Gasteiger charge is -2.35. The molecule has 1 N–H and O–H groups in total. The number of pyridine rings is 1. The van der Waals surface area contributed by atoms with Crippen molar-refractivity contribution in [3.63, 3.8) is 0 Å². The zero-order valence-corrected chi connectivity index (χ0v) is 15.4. The predicted molar refractivity (Wildman–Crippen MR) is 106 cm³/mol. The SMILES string of the molecule is CCc1ccc(-c2cc(C(=O)N3CCN(c4ccccn4)CC3)[nH]n2)cc1. The maximum atomic E-state index is 12.8. The van der Waals surface area contributed by atoms with E-state index >= 15 is 0 Å². The number of H-pyrrole nitrogens is 1. The molecule has 0 aliphatic carbocycles. The van der Waals surface area contributed by atoms with E-state index in [2.05, 4.69) is 51.3 Å². The zero-order valence-electron chi connectivity index (χ0n) is 15.4. The summed E-state index contributed by atoms with van der Waals surface area (Å²) < 4.78 is 0. The summed E-state index contributed by atoms with van der Waals surface area (Å²) in [6, 6.07) is 16.0. The van der Waals surface area contributed by atoms with Crippen molar-refractivity contribution in [3.05, 3.63) is 66.0 Å². The van der Waals surface area contributed by atoms with Crippen LogP contribution in [0.5, 0.6) is 0 Å². The average Bonchev–Trinajstić information content (AvgIpc) is 3.24. The van der Waals surface area contributed by atoms with E-state index in [9.17, 15) is 4.79 Å². The number of carbonyl (C=O) groups is 1. The van der Waals surface area contributed by atoms with Crippen molar-refractivity contribution in [1.29, 1.82) is 0 Å². The van der Waals surface area contributed by atoms with Crippen LogP contribution in [0.4, 0.5) is 5.82 Å². The Morgan fingerprint density at radius 3 is 2.52 bits per heavy atom. The molecule has 6 nitrogen and oxygen atoms in total. The molecule has 0 saturated carbocycles. The monoisotopic (exact) mass is 361 g/mol. The van der Waals surface area contributed by atoms with Crippen molar-refractivity contribution in [2.75, 3.05) is 31.1 Å². The van der Waals surface area contributed by atoms with E-state index in [0.717, 1.165) is 36.6 Å². The van der Waals surface area contributed by atoms with Crippen molar-refractivity contribution in [2.24, 2.45) is 0 Å². The summed E-state index contributed by atoms with van der Waals surface area (Å²) in [4.78, 5) is 21.3. The number of aromatic nitrogens is 3. The molecule has 1 saturated heterocycles. The highest BCUT2D eigenvalue weighted by Gasteiger charge is 2.24. The van der Waals surface area contributed by atoms with E-state index in [4.69, 9.17) is 0 Å². The van der Waals surface area contributed by atoms with Gasteiger partial charge in [-0.05, 0) is 30.2 Å². The molecule has 3 aromatic rings. The molecule has 6 heteroatoms. The van der Waals surface area contributed by atoms with Crippen LogP contribution in [0.1, 0.15) is 23.0 Å². The summed E-state index contributed by atoms with van der Waals surface area (Å²) in [7, 11) is 0. The largest absolute Gasteiger partial charge is 0.353 e. The number of hydrogen-bond acceptors (Lipinski definition) is 4. The number of hydrogen-bond donors (Lipinski definition) is 1. The third-order valence-corrected chi connectivity index (χ3v) is 5.01. The lowest BCUT2D eigenvalue weighted by Crippen LogP contribution is -2.49. The number of amides is 1. The summed E-state index contributed by atoms with van der Waals surface area (Å²) in [6.45, 7) is 5.04. The number of nitrogens with one attached hydrogen (secondary N) is 1. The maximum absolute atomic E-state index is 12.8. The van der Waals surface area contributed by atoms with Crippen LogP contribution in [0.3, 0.4) is 0 Å². The first-order chi connectivity index (χ1) is 13.2. The Bertz CT molecular complexity index is 896. The van der Waals surface area contributed by atoms with Gasteiger partial charge in [0.25, 0.3) is 5.91 Å². The first-order valence-electron chi connectivity index (χ1n) is 9.34. The average molecular weight is 361 g/mol. The molecule has 4 rings (SSSR count). The number of rotatable bonds is 4. The third-order valence-electron chi connectivity index (χ3n) is 5.01. The summed E-state index contributed by atoms with van der Waals surface area (Å²) in [5.74, 6) is 0.962. The molecule has 2 aromatic heterocycles. The highest BCUT2D eigenvalue weighted by atomic mass is 16.2. The van der Waals surface area contributed by atoms with Gasteiger partial charge in [-0.15, -0.1) is 0 Å². The van der Waals surface area contributed by atoms with Gasteiger partial charge in [-0.25, -0.2) is 4.98 Å². The molecule has 0 bridgehead atoms. The summed E-state index contributed by atoms with van der Waals surface area (Å²) in [6.07, 6.45) is 2.81. The van der Waals surface area contributed by atoms with Gasteiger partial charge in [-0.1, -0.05) is 37.3 Å². The summed E-state index contributed by atoms with van der Waals surface area (Å²) in [5.41, 5.74) is 3.64. The number of carbonyl (C=O) groups excluding carboxylic acids is 1. The van der Waals surface area contributed by atoms with Crippen LogP contribution < -0.4 is 4.90 Å². The fraction of sp³-hybridized carbons (Fsp3) is 0.286. The molecule has 1 amide bonds. The van der Waals surface area contributed by atoms with Crippen molar-refractivity contribution >= 4 is 11.7 Å². The number of aryl methyl sites for hydroxylation is 1. The Kier molecular flexibility index (Phi) is 4.87. The highest BCUT2D eigenvalue weighted by molar-refractivity contribution is 5.93. The van der Waals surface area contributed by atoms with Gasteiger partial charge in [0.15, 0.2) is 0 Å². The van der Waals surface area contributed by atoms with Crippen LogP contribution in [-0.2, 0) is 6.42 Å². The smallest absolute Gasteiger partial charge is 0.272 e. The quantitative estimate of drug-likeness (QED) is 0.776. The fourth-order valence-corrected chi connectivity index (χ4v) is 3.34. The topological polar surface area (TPSA) is 65.1 Å². The molecule has 27 heavy (non-hydrogen) atoms. The second-order valence-electron chi connectivity index (χ2n) is 6.68. The second kappa shape index (κ2) is 7.61. The van der Waals surface area contributed by atoms with Crippen molar-refractivity contribution in [3.8, 4) is 11.3 Å². The minimum absolute atomic E-state index is 0.000371. The Labute approximate surface area is 158 Å². The van der Waals surface area contributed by atoms with Gasteiger partial charge in [0.05, 0.1) is 5.69 Å². The van der Waals surface area contributed by atoms with E-state index in [1.54, 1.807) is 6.20 Å². The van der Waals surface area contributed by atoms with E-state index in [0.29, 0.717) is 18.8 Å². The van der Waals surface area contributed by atoms with Gasteiger partial charge < -0.3 is 9.80 Å². The van der Waals surface area contributed by atoms with Crippen LogP contribution in [-0.4, -0.2) is 52.2 Å². The van der Waals surface area contributed by atoms with Crippen LogP contribution in [0.2, 0.25) is 0 Å². The predicted octanol–water partition coefficient (Wildman–Crippen LogP) is 3.00. The Balaban J connectivity index is 1.41. The number of benzene rings is 1. The van der Waals surface area contributed by atoms with Crippen LogP contribution in [0.25, 0.3) is 11.3 Å². The molecule has 1 aromatic carbocycles. The van der Waals surface area contributed by atoms with Crippen molar-refractivity contribution in [1.82, 2.24) is 20.1 Å². The molecule has 3 heterocycles. The Hall–Kier alpha value is -3.15. The molecule has 1 fully saturated rings.